The maximum atomic E-state index is 14.3. The Balaban J connectivity index is 2.24. The summed E-state index contributed by atoms with van der Waals surface area (Å²) in [5.41, 5.74) is -2.60. The van der Waals surface area contributed by atoms with Crippen molar-refractivity contribution >= 4 is 11.8 Å². The fraction of sp³-hybridized carbons (Fsp3) is 0.902. The topological polar surface area (TPSA) is 163 Å². The lowest BCUT2D eigenvalue weighted by Gasteiger charge is -2.49. The summed E-state index contributed by atoms with van der Waals surface area (Å²) in [6, 6.07) is -0.149. The lowest BCUT2D eigenvalue weighted by molar-refractivity contribution is -0.317. The van der Waals surface area contributed by atoms with Crippen molar-refractivity contribution in [3.8, 4) is 0 Å². The number of aliphatic hydroxyl groups is 3. The number of aliphatic hydroxyl groups excluding tert-OH is 2. The van der Waals surface area contributed by atoms with Crippen LogP contribution >= 0.6 is 0 Å². The number of ketones is 1. The van der Waals surface area contributed by atoms with Crippen LogP contribution in [0.3, 0.4) is 0 Å². The molecule has 16 atom stereocenters. The van der Waals surface area contributed by atoms with Gasteiger partial charge >= 0.3 is 5.97 Å². The largest absolute Gasteiger partial charge is 0.459 e. The Bertz CT molecular complexity index is 1310. The van der Waals surface area contributed by atoms with Crippen molar-refractivity contribution in [3.05, 3.63) is 11.1 Å². The van der Waals surface area contributed by atoms with E-state index >= 15 is 0 Å². The molecule has 0 aliphatic carbocycles. The number of esters is 1. The summed E-state index contributed by atoms with van der Waals surface area (Å²) in [6.45, 7) is 23.7. The van der Waals surface area contributed by atoms with Crippen LogP contribution in [0.1, 0.15) is 116 Å². The lowest BCUT2D eigenvalue weighted by Crippen LogP contribution is -2.61. The highest BCUT2D eigenvalue weighted by atomic mass is 16.7. The number of nitrogens with zero attached hydrogens (tertiary/aromatic N) is 1. The average Bonchev–Trinajstić information content (AvgIpc) is 3.11. The van der Waals surface area contributed by atoms with E-state index in [1.165, 1.54) is 14.2 Å². The molecule has 13 nitrogen and oxygen atoms in total. The van der Waals surface area contributed by atoms with Crippen LogP contribution in [0.5, 0.6) is 0 Å². The molecule has 3 heterocycles. The Kier molecular flexibility index (Phi) is 16.0. The first kappa shape index (κ1) is 46.9. The molecule has 10 unspecified atom stereocenters. The Morgan fingerprint density at radius 1 is 0.963 bits per heavy atom. The molecule has 3 N–H and O–H groups in total. The Morgan fingerprint density at radius 3 is 2.11 bits per heavy atom. The van der Waals surface area contributed by atoms with Crippen molar-refractivity contribution in [1.29, 1.82) is 0 Å². The van der Waals surface area contributed by atoms with E-state index in [4.69, 9.17) is 33.2 Å². The maximum absolute atomic E-state index is 14.3. The number of carbonyl (C=O) groups is 2. The highest BCUT2D eigenvalue weighted by molar-refractivity contribution is 5.92. The van der Waals surface area contributed by atoms with E-state index in [0.717, 1.165) is 11.1 Å². The van der Waals surface area contributed by atoms with Gasteiger partial charge in [-0.25, -0.2) is 0 Å². The minimum absolute atomic E-state index is 0.0938. The second-order valence-corrected chi connectivity index (χ2v) is 17.3. The van der Waals surface area contributed by atoms with Crippen LogP contribution in [0.2, 0.25) is 0 Å². The number of allylic oxidation sites excluding steroid dienone is 1. The highest BCUT2D eigenvalue weighted by Crippen LogP contribution is 2.41. The van der Waals surface area contributed by atoms with E-state index in [0.29, 0.717) is 12.8 Å². The molecule has 54 heavy (non-hydrogen) atoms. The number of Topliss-reactive ketones (excluding diaryl/α,β-unsaturated/α-hetero) is 1. The monoisotopic (exact) mass is 772 g/mol. The fourth-order valence-corrected chi connectivity index (χ4v) is 8.68. The molecule has 3 aliphatic rings. The quantitative estimate of drug-likeness (QED) is 0.221. The molecule has 0 aromatic carbocycles. The summed E-state index contributed by atoms with van der Waals surface area (Å²) in [7, 11) is 4.91. The first-order valence-corrected chi connectivity index (χ1v) is 19.8. The van der Waals surface area contributed by atoms with Crippen LogP contribution in [-0.2, 0) is 42.7 Å². The average molecular weight is 772 g/mol. The van der Waals surface area contributed by atoms with Gasteiger partial charge in [0, 0.05) is 44.6 Å². The number of carbonyl (C=O) groups excluding carboxylic acids is 2. The Hall–Kier alpha value is -1.52. The third kappa shape index (κ3) is 9.77. The molecule has 2 fully saturated rings. The molecule has 314 valence electrons. The van der Waals surface area contributed by atoms with Crippen LogP contribution in [0.15, 0.2) is 11.1 Å². The molecule has 0 radical (unpaired) electrons. The van der Waals surface area contributed by atoms with Gasteiger partial charge in [-0.15, -0.1) is 0 Å². The first-order valence-electron chi connectivity index (χ1n) is 19.8. The zero-order valence-electron chi connectivity index (χ0n) is 35.9. The Morgan fingerprint density at radius 2 is 1.57 bits per heavy atom. The number of likely N-dealkylation sites (N-methyl/N-ethyl adjacent to an activating group) is 1. The number of cyclic esters (lactones) is 1. The highest BCUT2D eigenvalue weighted by Gasteiger charge is 2.53. The molecule has 2 saturated heterocycles. The van der Waals surface area contributed by atoms with Crippen LogP contribution < -0.4 is 0 Å². The van der Waals surface area contributed by atoms with E-state index in [1.54, 1.807) is 41.5 Å². The number of hydrogen-bond donors (Lipinski definition) is 3. The number of ether oxygens (including phenoxy) is 7. The van der Waals surface area contributed by atoms with Gasteiger partial charge in [-0.2, -0.15) is 0 Å². The van der Waals surface area contributed by atoms with E-state index in [1.807, 2.05) is 41.7 Å². The van der Waals surface area contributed by atoms with E-state index < -0.39 is 89.7 Å². The number of methoxy groups -OCH3 is 2. The summed E-state index contributed by atoms with van der Waals surface area (Å²) >= 11 is 0. The van der Waals surface area contributed by atoms with Gasteiger partial charge in [-0.3, -0.25) is 14.5 Å². The fourth-order valence-electron chi connectivity index (χ4n) is 8.68. The number of rotatable bonds is 9. The third-order valence-corrected chi connectivity index (χ3v) is 13.0. The standard InChI is InChI=1S/C41H73NO12/c1-17-30-41(13,49-16)34(44)25(7)24(6)22(4)19-39(11,47)36(54-38-32(43)29(18-23(5)50-38)42(14)21(2)3)26(8)33(27(9)37(46)52-30)53-31-20-40(12,48-15)35(45)28(10)51-31/h21,23,25-33,35-36,38,43,45,47H,17-20H2,1-16H3/b24-22-/t23?,25-,26?,27?,28?,29?,30?,31-,32+,33?,35-,36+,38?,39-,40?,41?/m1/s1. The third-order valence-electron chi connectivity index (χ3n) is 13.0. The van der Waals surface area contributed by atoms with Crippen LogP contribution in [0.25, 0.3) is 0 Å². The van der Waals surface area contributed by atoms with Gasteiger partial charge < -0.3 is 48.5 Å². The molecular weight excluding hydrogens is 698 g/mol. The van der Waals surface area contributed by atoms with Gasteiger partial charge in [-0.1, -0.05) is 31.9 Å². The zero-order valence-corrected chi connectivity index (χ0v) is 35.9. The van der Waals surface area contributed by atoms with Gasteiger partial charge in [0.1, 0.15) is 18.3 Å². The maximum Gasteiger partial charge on any atom is 0.311 e. The minimum atomic E-state index is -1.64. The molecule has 3 aliphatic heterocycles. The summed E-state index contributed by atoms with van der Waals surface area (Å²) < 4.78 is 43.8. The predicted molar refractivity (Wildman–Crippen MR) is 203 cm³/mol. The molecule has 0 aromatic rings. The molecular formula is C41H73NO12. The molecule has 0 spiro atoms. The molecule has 13 heteroatoms. The van der Waals surface area contributed by atoms with Gasteiger partial charge in [0.15, 0.2) is 24.0 Å². The Labute approximate surface area is 324 Å². The predicted octanol–water partition coefficient (Wildman–Crippen LogP) is 4.56. The molecule has 3 rings (SSSR count). The second-order valence-electron chi connectivity index (χ2n) is 17.3. The summed E-state index contributed by atoms with van der Waals surface area (Å²) in [5.74, 6) is -3.25. The van der Waals surface area contributed by atoms with Crippen LogP contribution in [0, 0.1) is 17.8 Å². The van der Waals surface area contributed by atoms with Crippen LogP contribution in [0.4, 0.5) is 0 Å². The molecule has 0 aromatic heterocycles. The van der Waals surface area contributed by atoms with Crippen molar-refractivity contribution < 1.29 is 58.1 Å². The zero-order chi connectivity index (χ0) is 41.2. The second kappa shape index (κ2) is 18.4. The van der Waals surface area contributed by atoms with Crippen molar-refractivity contribution in [3.63, 3.8) is 0 Å². The van der Waals surface area contributed by atoms with Gasteiger partial charge in [0.05, 0.1) is 41.5 Å². The molecule has 0 bridgehead atoms. The van der Waals surface area contributed by atoms with Crippen molar-refractivity contribution in [2.75, 3.05) is 21.3 Å². The van der Waals surface area contributed by atoms with E-state index in [9.17, 15) is 24.9 Å². The lowest BCUT2D eigenvalue weighted by atomic mass is 9.76. The van der Waals surface area contributed by atoms with E-state index in [-0.39, 0.29) is 36.8 Å². The summed E-state index contributed by atoms with van der Waals surface area (Å²) in [5, 5.41) is 35.4. The van der Waals surface area contributed by atoms with Gasteiger partial charge in [0.2, 0.25) is 0 Å². The normalized spacial score (nSPS) is 46.4. The molecule has 0 amide bonds. The van der Waals surface area contributed by atoms with Crippen molar-refractivity contribution in [1.82, 2.24) is 4.90 Å². The minimum Gasteiger partial charge on any atom is -0.459 e. The smallest absolute Gasteiger partial charge is 0.311 e. The molecule has 0 saturated carbocycles. The van der Waals surface area contributed by atoms with Gasteiger partial charge in [-0.05, 0) is 95.5 Å². The van der Waals surface area contributed by atoms with Crippen LogP contribution in [-0.4, -0.2) is 137 Å². The van der Waals surface area contributed by atoms with Gasteiger partial charge in [0.25, 0.3) is 0 Å². The van der Waals surface area contributed by atoms with Crippen molar-refractivity contribution in [2.24, 2.45) is 17.8 Å². The first-order chi connectivity index (χ1) is 24.9. The van der Waals surface area contributed by atoms with Crippen molar-refractivity contribution in [2.45, 2.75) is 200 Å². The summed E-state index contributed by atoms with van der Waals surface area (Å²) in [4.78, 5) is 30.7. The SMILES string of the molecule is CCC1OC(=O)C(C)C(O[C@@H]2CC(C)(OC)[C@H](O)C(C)O2)C(C)[C@H](OC2OC(C)CC(N(C)C(C)C)[C@@H]2O)[C@](C)(O)C/C(C)=C(/C)[C@@H](C)C(=O)C1(C)OC. The summed E-state index contributed by atoms with van der Waals surface area (Å²) in [6.07, 6.45) is -6.91. The van der Waals surface area contributed by atoms with E-state index in [2.05, 4.69) is 18.7 Å². The number of hydrogen-bond acceptors (Lipinski definition) is 13.